The smallest absolute Gasteiger partial charge is 0.165 e. The second-order valence-electron chi connectivity index (χ2n) is 5.76. The van der Waals surface area contributed by atoms with Crippen LogP contribution in [0, 0.1) is 0 Å². The van der Waals surface area contributed by atoms with Crippen LogP contribution in [0.2, 0.25) is 0 Å². The standard InChI is InChI=1S/C19H19BrO2/c20-17-8-6-15(7-9-17)19(21)13-18-12-16(10-11-22-18)14-4-2-1-3-5-14/h1-9,16,18H,10-13H2/t16-,18+/m0/s1. The predicted octanol–water partition coefficient (Wildman–Crippen LogP) is 4.98. The van der Waals surface area contributed by atoms with Crippen LogP contribution < -0.4 is 0 Å². The Hall–Kier alpha value is -1.45. The molecule has 0 aromatic heterocycles. The maximum atomic E-state index is 12.4. The molecule has 0 unspecified atom stereocenters. The molecular formula is C19H19BrO2. The van der Waals surface area contributed by atoms with Crippen molar-refractivity contribution in [2.45, 2.75) is 31.3 Å². The molecule has 2 aromatic rings. The number of carbonyl (C=O) groups is 1. The number of hydrogen-bond acceptors (Lipinski definition) is 2. The summed E-state index contributed by atoms with van der Waals surface area (Å²) in [6.45, 7) is 0.734. The minimum atomic E-state index is 0.0232. The SMILES string of the molecule is O=C(C[C@H]1C[C@@H](c2ccccc2)CCO1)c1ccc(Br)cc1. The largest absolute Gasteiger partial charge is 0.378 e. The van der Waals surface area contributed by atoms with Crippen molar-refractivity contribution in [2.75, 3.05) is 6.61 Å². The van der Waals surface area contributed by atoms with Gasteiger partial charge in [0.05, 0.1) is 6.10 Å². The van der Waals surface area contributed by atoms with Gasteiger partial charge in [-0.25, -0.2) is 0 Å². The highest BCUT2D eigenvalue weighted by Crippen LogP contribution is 2.31. The average molecular weight is 359 g/mol. The molecule has 1 aliphatic heterocycles. The molecule has 1 saturated heterocycles. The first-order valence-corrected chi connectivity index (χ1v) is 8.47. The molecule has 0 N–H and O–H groups in total. The van der Waals surface area contributed by atoms with Crippen LogP contribution in [-0.2, 0) is 4.74 Å². The molecule has 2 nitrogen and oxygen atoms in total. The first kappa shape index (κ1) is 15.4. The van der Waals surface area contributed by atoms with E-state index in [9.17, 15) is 4.79 Å². The summed E-state index contributed by atoms with van der Waals surface area (Å²) in [6.07, 6.45) is 2.44. The van der Waals surface area contributed by atoms with Crippen LogP contribution >= 0.6 is 15.9 Å². The van der Waals surface area contributed by atoms with Crippen LogP contribution in [0.5, 0.6) is 0 Å². The molecule has 3 rings (SSSR count). The fraction of sp³-hybridized carbons (Fsp3) is 0.316. The van der Waals surface area contributed by atoms with E-state index >= 15 is 0 Å². The summed E-state index contributed by atoms with van der Waals surface area (Å²) in [5, 5.41) is 0. The van der Waals surface area contributed by atoms with Gasteiger partial charge in [0.1, 0.15) is 0 Å². The minimum Gasteiger partial charge on any atom is -0.378 e. The highest BCUT2D eigenvalue weighted by atomic mass is 79.9. The van der Waals surface area contributed by atoms with Gasteiger partial charge in [-0.2, -0.15) is 0 Å². The van der Waals surface area contributed by atoms with Crippen molar-refractivity contribution >= 4 is 21.7 Å². The monoisotopic (exact) mass is 358 g/mol. The fourth-order valence-corrected chi connectivity index (χ4v) is 3.28. The van der Waals surface area contributed by atoms with Gasteiger partial charge in [-0.1, -0.05) is 58.4 Å². The number of rotatable bonds is 4. The Morgan fingerprint density at radius 2 is 1.82 bits per heavy atom. The molecule has 2 atom stereocenters. The van der Waals surface area contributed by atoms with E-state index < -0.39 is 0 Å². The Kier molecular flexibility index (Phi) is 5.06. The van der Waals surface area contributed by atoms with Crippen molar-refractivity contribution < 1.29 is 9.53 Å². The van der Waals surface area contributed by atoms with Gasteiger partial charge < -0.3 is 4.74 Å². The minimum absolute atomic E-state index is 0.0232. The Morgan fingerprint density at radius 1 is 1.09 bits per heavy atom. The van der Waals surface area contributed by atoms with E-state index in [1.165, 1.54) is 5.56 Å². The maximum Gasteiger partial charge on any atom is 0.165 e. The molecule has 114 valence electrons. The number of ketones is 1. The third-order valence-corrected chi connectivity index (χ3v) is 4.75. The zero-order chi connectivity index (χ0) is 15.4. The molecule has 0 aliphatic carbocycles. The molecule has 1 aliphatic rings. The van der Waals surface area contributed by atoms with Gasteiger partial charge in [0.2, 0.25) is 0 Å². The Bertz CT molecular complexity index is 622. The van der Waals surface area contributed by atoms with Crippen molar-refractivity contribution in [2.24, 2.45) is 0 Å². The molecule has 2 aromatic carbocycles. The van der Waals surface area contributed by atoms with Crippen molar-refractivity contribution in [3.05, 3.63) is 70.2 Å². The second-order valence-corrected chi connectivity index (χ2v) is 6.67. The van der Waals surface area contributed by atoms with E-state index in [-0.39, 0.29) is 11.9 Å². The third-order valence-electron chi connectivity index (χ3n) is 4.22. The van der Waals surface area contributed by atoms with Gasteiger partial charge in [0.15, 0.2) is 5.78 Å². The summed E-state index contributed by atoms with van der Waals surface area (Å²) >= 11 is 3.39. The first-order valence-electron chi connectivity index (χ1n) is 7.67. The summed E-state index contributed by atoms with van der Waals surface area (Å²) in [4.78, 5) is 12.4. The quantitative estimate of drug-likeness (QED) is 0.720. The van der Waals surface area contributed by atoms with Crippen molar-refractivity contribution in [3.8, 4) is 0 Å². The Labute approximate surface area is 139 Å². The summed E-state index contributed by atoms with van der Waals surface area (Å²) in [6, 6.07) is 18.1. The number of carbonyl (C=O) groups excluding carboxylic acids is 1. The molecule has 0 bridgehead atoms. The van der Waals surface area contributed by atoms with Crippen molar-refractivity contribution in [1.29, 1.82) is 0 Å². The fourth-order valence-electron chi connectivity index (χ4n) is 3.01. The molecule has 0 saturated carbocycles. The maximum absolute atomic E-state index is 12.4. The van der Waals surface area contributed by atoms with Crippen LogP contribution in [0.3, 0.4) is 0 Å². The van der Waals surface area contributed by atoms with Crippen LogP contribution in [-0.4, -0.2) is 18.5 Å². The van der Waals surface area contributed by atoms with Crippen LogP contribution in [0.1, 0.15) is 41.1 Å². The molecule has 0 amide bonds. The summed E-state index contributed by atoms with van der Waals surface area (Å²) in [7, 11) is 0. The van der Waals surface area contributed by atoms with Gasteiger partial charge in [-0.15, -0.1) is 0 Å². The van der Waals surface area contributed by atoms with E-state index in [1.807, 2.05) is 30.3 Å². The zero-order valence-electron chi connectivity index (χ0n) is 12.4. The lowest BCUT2D eigenvalue weighted by Crippen LogP contribution is -2.27. The second kappa shape index (κ2) is 7.21. The van der Waals surface area contributed by atoms with Gasteiger partial charge in [0.25, 0.3) is 0 Å². The molecule has 0 radical (unpaired) electrons. The number of ether oxygens (including phenoxy) is 1. The Morgan fingerprint density at radius 3 is 2.55 bits per heavy atom. The molecule has 0 spiro atoms. The van der Waals surface area contributed by atoms with Gasteiger partial charge >= 0.3 is 0 Å². The molecule has 22 heavy (non-hydrogen) atoms. The first-order chi connectivity index (χ1) is 10.7. The summed E-state index contributed by atoms with van der Waals surface area (Å²) in [5.74, 6) is 0.656. The lowest BCUT2D eigenvalue weighted by atomic mass is 9.87. The molecule has 3 heteroatoms. The van der Waals surface area contributed by atoms with Crippen molar-refractivity contribution in [3.63, 3.8) is 0 Å². The predicted molar refractivity (Wildman–Crippen MR) is 91.2 cm³/mol. The number of Topliss-reactive ketones (excluding diaryl/α,β-unsaturated/α-hetero) is 1. The number of benzene rings is 2. The lowest BCUT2D eigenvalue weighted by molar-refractivity contribution is 0.00426. The van der Waals surface area contributed by atoms with E-state index in [4.69, 9.17) is 4.74 Å². The van der Waals surface area contributed by atoms with Crippen LogP contribution in [0.15, 0.2) is 59.1 Å². The zero-order valence-corrected chi connectivity index (χ0v) is 14.0. The summed E-state index contributed by atoms with van der Waals surface area (Å²) in [5.41, 5.74) is 2.11. The summed E-state index contributed by atoms with van der Waals surface area (Å²) < 4.78 is 6.80. The normalized spacial score (nSPS) is 21.5. The molecule has 1 heterocycles. The lowest BCUT2D eigenvalue weighted by Gasteiger charge is -2.29. The van der Waals surface area contributed by atoms with E-state index in [0.717, 1.165) is 29.5 Å². The van der Waals surface area contributed by atoms with E-state index in [1.54, 1.807) is 0 Å². The highest BCUT2D eigenvalue weighted by molar-refractivity contribution is 9.10. The van der Waals surface area contributed by atoms with E-state index in [0.29, 0.717) is 12.3 Å². The van der Waals surface area contributed by atoms with Gasteiger partial charge in [-0.05, 0) is 36.5 Å². The topological polar surface area (TPSA) is 26.3 Å². The van der Waals surface area contributed by atoms with Crippen LogP contribution in [0.25, 0.3) is 0 Å². The number of hydrogen-bond donors (Lipinski definition) is 0. The Balaban J connectivity index is 1.63. The third kappa shape index (κ3) is 3.84. The van der Waals surface area contributed by atoms with Crippen LogP contribution in [0.4, 0.5) is 0 Å². The molecular weight excluding hydrogens is 340 g/mol. The van der Waals surface area contributed by atoms with Gasteiger partial charge in [0, 0.05) is 23.1 Å². The highest BCUT2D eigenvalue weighted by Gasteiger charge is 2.25. The molecule has 1 fully saturated rings. The van der Waals surface area contributed by atoms with E-state index in [2.05, 4.69) is 40.2 Å². The van der Waals surface area contributed by atoms with Crippen molar-refractivity contribution in [1.82, 2.24) is 0 Å². The number of halogens is 1. The average Bonchev–Trinajstić information content (AvgIpc) is 2.56. The van der Waals surface area contributed by atoms with Gasteiger partial charge in [-0.3, -0.25) is 4.79 Å².